The molecule has 1 aromatic heterocycles. The predicted molar refractivity (Wildman–Crippen MR) is 120 cm³/mol. The molecule has 0 aliphatic rings. The van der Waals surface area contributed by atoms with Crippen molar-refractivity contribution >= 4 is 35.0 Å². The molecule has 3 aromatic carbocycles. The highest BCUT2D eigenvalue weighted by molar-refractivity contribution is 7.98. The van der Waals surface area contributed by atoms with E-state index < -0.39 is 22.7 Å². The third kappa shape index (κ3) is 5.35. The Kier molecular flexibility index (Phi) is 6.66. The van der Waals surface area contributed by atoms with Crippen LogP contribution < -0.4 is 5.32 Å². The van der Waals surface area contributed by atoms with E-state index in [1.807, 2.05) is 30.3 Å². The van der Waals surface area contributed by atoms with E-state index in [2.05, 4.69) is 20.8 Å². The SMILES string of the molecule is O=C(Nc1ccc(Cl)c(C(F)(F)F)c1)c1ccccc1SCc1nnnn1-c1ccccc1. The number of benzene rings is 3. The molecular weight excluding hydrogens is 475 g/mol. The van der Waals surface area contributed by atoms with E-state index in [1.165, 1.54) is 17.8 Å². The minimum Gasteiger partial charge on any atom is -0.322 e. The second kappa shape index (κ2) is 9.63. The van der Waals surface area contributed by atoms with Crippen LogP contribution >= 0.6 is 23.4 Å². The Morgan fingerprint density at radius 1 is 1.03 bits per heavy atom. The molecule has 11 heteroatoms. The molecule has 1 amide bonds. The largest absolute Gasteiger partial charge is 0.417 e. The van der Waals surface area contributed by atoms with Gasteiger partial charge in [-0.2, -0.15) is 17.9 Å². The van der Waals surface area contributed by atoms with Crippen molar-refractivity contribution in [3.63, 3.8) is 0 Å². The zero-order valence-corrected chi connectivity index (χ0v) is 18.3. The molecule has 0 aliphatic heterocycles. The number of carbonyl (C=O) groups is 1. The van der Waals surface area contributed by atoms with Crippen molar-refractivity contribution in [2.24, 2.45) is 0 Å². The van der Waals surface area contributed by atoms with Gasteiger partial charge in [0.05, 0.1) is 27.6 Å². The van der Waals surface area contributed by atoms with Gasteiger partial charge in [0.2, 0.25) is 0 Å². The molecule has 1 heterocycles. The molecule has 0 saturated heterocycles. The molecule has 0 spiro atoms. The van der Waals surface area contributed by atoms with Crippen molar-refractivity contribution < 1.29 is 18.0 Å². The first kappa shape index (κ1) is 22.8. The maximum absolute atomic E-state index is 13.1. The summed E-state index contributed by atoms with van der Waals surface area (Å²) in [7, 11) is 0. The van der Waals surface area contributed by atoms with Crippen LogP contribution in [0, 0.1) is 0 Å². The lowest BCUT2D eigenvalue weighted by Crippen LogP contribution is -2.14. The summed E-state index contributed by atoms with van der Waals surface area (Å²) >= 11 is 6.99. The van der Waals surface area contributed by atoms with E-state index in [1.54, 1.807) is 28.9 Å². The highest BCUT2D eigenvalue weighted by Gasteiger charge is 2.33. The molecule has 4 aromatic rings. The molecule has 1 N–H and O–H groups in total. The van der Waals surface area contributed by atoms with Crippen molar-refractivity contribution in [1.29, 1.82) is 0 Å². The fraction of sp³-hybridized carbons (Fsp3) is 0.0909. The fourth-order valence-corrected chi connectivity index (χ4v) is 4.19. The van der Waals surface area contributed by atoms with Gasteiger partial charge < -0.3 is 5.32 Å². The number of para-hydroxylation sites is 1. The Morgan fingerprint density at radius 2 is 1.76 bits per heavy atom. The molecular formula is C22H15ClF3N5OS. The minimum absolute atomic E-state index is 0.00968. The highest BCUT2D eigenvalue weighted by atomic mass is 35.5. The van der Waals surface area contributed by atoms with Crippen LogP contribution in [0.3, 0.4) is 0 Å². The molecule has 0 bridgehead atoms. The zero-order chi connectivity index (χ0) is 23.4. The topological polar surface area (TPSA) is 72.7 Å². The normalized spacial score (nSPS) is 11.4. The third-order valence-corrected chi connectivity index (χ3v) is 5.95. The summed E-state index contributed by atoms with van der Waals surface area (Å²) < 4.78 is 41.0. The Labute approximate surface area is 195 Å². The molecule has 0 fully saturated rings. The maximum atomic E-state index is 13.1. The van der Waals surface area contributed by atoms with Crippen LogP contribution in [0.15, 0.2) is 77.7 Å². The van der Waals surface area contributed by atoms with Crippen molar-refractivity contribution in [2.75, 3.05) is 5.32 Å². The van der Waals surface area contributed by atoms with Crippen molar-refractivity contribution in [2.45, 2.75) is 16.8 Å². The van der Waals surface area contributed by atoms with Gasteiger partial charge in [-0.25, -0.2) is 0 Å². The Bertz CT molecular complexity index is 1280. The van der Waals surface area contributed by atoms with Gasteiger partial charge in [0, 0.05) is 10.6 Å². The van der Waals surface area contributed by atoms with Crippen LogP contribution in [0.25, 0.3) is 5.69 Å². The molecule has 4 rings (SSSR count). The Balaban J connectivity index is 1.52. The van der Waals surface area contributed by atoms with Gasteiger partial charge in [0.15, 0.2) is 5.82 Å². The second-order valence-corrected chi connectivity index (χ2v) is 8.20. The average Bonchev–Trinajstić information content (AvgIpc) is 3.27. The smallest absolute Gasteiger partial charge is 0.322 e. The van der Waals surface area contributed by atoms with Crippen molar-refractivity contribution in [3.8, 4) is 5.69 Å². The maximum Gasteiger partial charge on any atom is 0.417 e. The number of anilines is 1. The van der Waals surface area contributed by atoms with Crippen molar-refractivity contribution in [1.82, 2.24) is 20.2 Å². The van der Waals surface area contributed by atoms with Gasteiger partial charge in [-0.05, 0) is 52.9 Å². The van der Waals surface area contributed by atoms with Crippen LogP contribution in [0.1, 0.15) is 21.7 Å². The summed E-state index contributed by atoms with van der Waals surface area (Å²) in [6.45, 7) is 0. The van der Waals surface area contributed by atoms with Crippen LogP contribution in [0.4, 0.5) is 18.9 Å². The van der Waals surface area contributed by atoms with Gasteiger partial charge in [-0.15, -0.1) is 16.9 Å². The number of aromatic nitrogens is 4. The van der Waals surface area contributed by atoms with Crippen LogP contribution in [0.2, 0.25) is 5.02 Å². The number of halogens is 4. The summed E-state index contributed by atoms with van der Waals surface area (Å²) in [6, 6.07) is 19.4. The molecule has 0 atom stereocenters. The van der Waals surface area contributed by atoms with E-state index in [0.717, 1.165) is 17.8 Å². The van der Waals surface area contributed by atoms with Gasteiger partial charge in [0.25, 0.3) is 5.91 Å². The lowest BCUT2D eigenvalue weighted by Gasteiger charge is -2.13. The summed E-state index contributed by atoms with van der Waals surface area (Å²) in [6.07, 6.45) is -4.63. The number of alkyl halides is 3. The quantitative estimate of drug-likeness (QED) is 0.342. The number of nitrogens with zero attached hydrogens (tertiary/aromatic N) is 4. The second-order valence-electron chi connectivity index (χ2n) is 6.77. The molecule has 0 unspecified atom stereocenters. The molecule has 0 radical (unpaired) electrons. The first-order valence-corrected chi connectivity index (χ1v) is 10.9. The van der Waals surface area contributed by atoms with Crippen LogP contribution in [-0.2, 0) is 11.9 Å². The molecule has 168 valence electrons. The van der Waals surface area contributed by atoms with Gasteiger partial charge in [-0.3, -0.25) is 4.79 Å². The van der Waals surface area contributed by atoms with E-state index in [9.17, 15) is 18.0 Å². The molecule has 6 nitrogen and oxygen atoms in total. The number of nitrogens with one attached hydrogen (secondary N) is 1. The monoisotopic (exact) mass is 489 g/mol. The summed E-state index contributed by atoms with van der Waals surface area (Å²) in [5.41, 5.74) is 0.0824. The lowest BCUT2D eigenvalue weighted by molar-refractivity contribution is -0.137. The lowest BCUT2D eigenvalue weighted by atomic mass is 10.1. The molecule has 33 heavy (non-hydrogen) atoms. The number of carbonyl (C=O) groups excluding carboxylic acids is 1. The highest BCUT2D eigenvalue weighted by Crippen LogP contribution is 2.36. The molecule has 0 aliphatic carbocycles. The molecule has 0 saturated carbocycles. The summed E-state index contributed by atoms with van der Waals surface area (Å²) in [5, 5.41) is 13.9. The van der Waals surface area contributed by atoms with E-state index in [0.29, 0.717) is 22.0 Å². The van der Waals surface area contributed by atoms with E-state index >= 15 is 0 Å². The summed E-state index contributed by atoms with van der Waals surface area (Å²) in [5.74, 6) is 0.399. The van der Waals surface area contributed by atoms with Crippen LogP contribution in [0.5, 0.6) is 0 Å². The first-order chi connectivity index (χ1) is 15.8. The van der Waals surface area contributed by atoms with E-state index in [4.69, 9.17) is 11.6 Å². The third-order valence-electron chi connectivity index (χ3n) is 4.55. The Morgan fingerprint density at radius 3 is 2.52 bits per heavy atom. The van der Waals surface area contributed by atoms with Crippen molar-refractivity contribution in [3.05, 3.63) is 94.8 Å². The first-order valence-electron chi connectivity index (χ1n) is 9.55. The van der Waals surface area contributed by atoms with Gasteiger partial charge >= 0.3 is 6.18 Å². The van der Waals surface area contributed by atoms with E-state index in [-0.39, 0.29) is 5.69 Å². The fourth-order valence-electron chi connectivity index (χ4n) is 3.01. The average molecular weight is 490 g/mol. The van der Waals surface area contributed by atoms with Gasteiger partial charge in [0.1, 0.15) is 0 Å². The number of rotatable bonds is 6. The minimum atomic E-state index is -4.63. The van der Waals surface area contributed by atoms with Gasteiger partial charge in [-0.1, -0.05) is 41.9 Å². The Hall–Kier alpha value is -3.37. The number of hydrogen-bond donors (Lipinski definition) is 1. The van der Waals surface area contributed by atoms with Crippen LogP contribution in [-0.4, -0.2) is 26.1 Å². The zero-order valence-electron chi connectivity index (χ0n) is 16.8. The predicted octanol–water partition coefficient (Wildman–Crippen LogP) is 5.88. The summed E-state index contributed by atoms with van der Waals surface area (Å²) in [4.78, 5) is 13.5. The number of amides is 1. The standard InChI is InChI=1S/C22H15ClF3N5OS/c23-18-11-10-14(12-17(18)22(24,25)26)27-21(32)16-8-4-5-9-19(16)33-13-20-28-29-30-31(20)15-6-2-1-3-7-15/h1-12H,13H2,(H,27,32). The number of thioether (sulfide) groups is 1. The number of tetrazole rings is 1. The number of hydrogen-bond acceptors (Lipinski definition) is 5.